The van der Waals surface area contributed by atoms with Crippen molar-refractivity contribution in [1.82, 2.24) is 10.6 Å². The van der Waals surface area contributed by atoms with Crippen LogP contribution in [0.1, 0.15) is 12.8 Å². The Morgan fingerprint density at radius 1 is 1.60 bits per heavy atom. The predicted molar refractivity (Wildman–Crippen MR) is 42.0 cm³/mol. The van der Waals surface area contributed by atoms with Crippen LogP contribution in [0.15, 0.2) is 12.7 Å². The van der Waals surface area contributed by atoms with E-state index in [2.05, 4.69) is 23.3 Å². The quantitative estimate of drug-likeness (QED) is 0.508. The third kappa shape index (κ3) is 0.796. The van der Waals surface area contributed by atoms with Gasteiger partial charge in [-0.3, -0.25) is 0 Å². The SMILES string of the molecule is C=CC12CCC(CNC1)N2. The normalized spacial score (nSPS) is 45.4. The molecule has 0 aromatic rings. The van der Waals surface area contributed by atoms with Gasteiger partial charge in [0, 0.05) is 24.7 Å². The van der Waals surface area contributed by atoms with E-state index in [9.17, 15) is 0 Å². The van der Waals surface area contributed by atoms with Crippen LogP contribution in [0.5, 0.6) is 0 Å². The van der Waals surface area contributed by atoms with Gasteiger partial charge in [-0.1, -0.05) is 6.08 Å². The molecule has 2 nitrogen and oxygen atoms in total. The molecule has 2 heteroatoms. The molecule has 10 heavy (non-hydrogen) atoms. The van der Waals surface area contributed by atoms with E-state index in [1.165, 1.54) is 12.8 Å². The summed E-state index contributed by atoms with van der Waals surface area (Å²) >= 11 is 0. The number of rotatable bonds is 1. The van der Waals surface area contributed by atoms with Crippen molar-refractivity contribution < 1.29 is 0 Å². The van der Waals surface area contributed by atoms with Crippen molar-refractivity contribution in [3.05, 3.63) is 12.7 Å². The lowest BCUT2D eigenvalue weighted by Gasteiger charge is -2.32. The Morgan fingerprint density at radius 2 is 2.50 bits per heavy atom. The zero-order valence-electron chi connectivity index (χ0n) is 6.19. The van der Waals surface area contributed by atoms with Gasteiger partial charge in [0.2, 0.25) is 0 Å². The van der Waals surface area contributed by atoms with Gasteiger partial charge in [-0.25, -0.2) is 0 Å². The first-order chi connectivity index (χ1) is 4.85. The Balaban J connectivity index is 2.16. The van der Waals surface area contributed by atoms with E-state index in [1.54, 1.807) is 0 Å². The highest BCUT2D eigenvalue weighted by atomic mass is 15.1. The molecule has 2 atom stereocenters. The van der Waals surface area contributed by atoms with Crippen LogP contribution in [0, 0.1) is 0 Å². The first-order valence-corrected chi connectivity index (χ1v) is 3.97. The molecule has 2 N–H and O–H groups in total. The third-order valence-electron chi connectivity index (χ3n) is 2.65. The molecule has 0 aromatic heterocycles. The van der Waals surface area contributed by atoms with E-state index < -0.39 is 0 Å². The highest BCUT2D eigenvalue weighted by Crippen LogP contribution is 2.26. The van der Waals surface area contributed by atoms with Crippen LogP contribution in [-0.4, -0.2) is 24.7 Å². The molecular weight excluding hydrogens is 124 g/mol. The first kappa shape index (κ1) is 6.38. The van der Waals surface area contributed by atoms with Crippen LogP contribution in [-0.2, 0) is 0 Å². The Hall–Kier alpha value is -0.340. The number of hydrogen-bond donors (Lipinski definition) is 2. The molecule has 2 unspecified atom stereocenters. The maximum absolute atomic E-state index is 3.85. The predicted octanol–water partition coefficient (Wildman–Crippen LogP) is 0.266. The van der Waals surface area contributed by atoms with Gasteiger partial charge in [-0.2, -0.15) is 0 Å². The first-order valence-electron chi connectivity index (χ1n) is 3.97. The van der Waals surface area contributed by atoms with Gasteiger partial charge in [0.1, 0.15) is 0 Å². The van der Waals surface area contributed by atoms with Crippen molar-refractivity contribution in [2.45, 2.75) is 24.4 Å². The second-order valence-electron chi connectivity index (χ2n) is 3.37. The lowest BCUT2D eigenvalue weighted by atomic mass is 9.98. The van der Waals surface area contributed by atoms with Crippen molar-refractivity contribution in [3.8, 4) is 0 Å². The number of fused-ring (bicyclic) bond motifs is 2. The van der Waals surface area contributed by atoms with Gasteiger partial charge in [0.05, 0.1) is 0 Å². The lowest BCUT2D eigenvalue weighted by Crippen LogP contribution is -2.56. The molecule has 2 fully saturated rings. The van der Waals surface area contributed by atoms with Gasteiger partial charge in [-0.15, -0.1) is 6.58 Å². The van der Waals surface area contributed by atoms with Crippen molar-refractivity contribution in [3.63, 3.8) is 0 Å². The van der Waals surface area contributed by atoms with Gasteiger partial charge >= 0.3 is 0 Å². The van der Waals surface area contributed by atoms with Crippen LogP contribution in [0.4, 0.5) is 0 Å². The molecule has 0 amide bonds. The minimum atomic E-state index is 0.239. The van der Waals surface area contributed by atoms with Gasteiger partial charge in [0.25, 0.3) is 0 Å². The molecule has 0 spiro atoms. The summed E-state index contributed by atoms with van der Waals surface area (Å²) in [6.07, 6.45) is 4.62. The summed E-state index contributed by atoms with van der Waals surface area (Å²) in [6, 6.07) is 0.701. The standard InChI is InChI=1S/C8H14N2/c1-2-8-4-3-7(10-8)5-9-6-8/h2,7,9-10H,1,3-6H2. The fraction of sp³-hybridized carbons (Fsp3) is 0.750. The van der Waals surface area contributed by atoms with Crippen molar-refractivity contribution in [2.75, 3.05) is 13.1 Å². The number of nitrogens with one attached hydrogen (secondary N) is 2. The molecule has 2 rings (SSSR count). The Morgan fingerprint density at radius 3 is 3.20 bits per heavy atom. The molecule has 0 radical (unpaired) electrons. The van der Waals surface area contributed by atoms with E-state index in [-0.39, 0.29) is 5.54 Å². The van der Waals surface area contributed by atoms with Crippen molar-refractivity contribution >= 4 is 0 Å². The average molecular weight is 138 g/mol. The zero-order chi connectivity index (χ0) is 7.03. The molecule has 2 bridgehead atoms. The molecule has 2 aliphatic heterocycles. The summed E-state index contributed by atoms with van der Waals surface area (Å²) in [4.78, 5) is 0. The third-order valence-corrected chi connectivity index (χ3v) is 2.65. The number of piperazine rings is 1. The van der Waals surface area contributed by atoms with E-state index in [4.69, 9.17) is 0 Å². The van der Waals surface area contributed by atoms with Crippen molar-refractivity contribution in [2.24, 2.45) is 0 Å². The molecule has 2 heterocycles. The van der Waals surface area contributed by atoms with Gasteiger partial charge in [-0.05, 0) is 12.8 Å². The monoisotopic (exact) mass is 138 g/mol. The van der Waals surface area contributed by atoms with Crippen LogP contribution in [0.25, 0.3) is 0 Å². The molecule has 0 aromatic carbocycles. The Bertz CT molecular complexity index is 151. The lowest BCUT2D eigenvalue weighted by molar-refractivity contribution is 0.353. The second-order valence-corrected chi connectivity index (χ2v) is 3.37. The minimum Gasteiger partial charge on any atom is -0.313 e. The highest BCUT2D eigenvalue weighted by molar-refractivity contribution is 5.13. The van der Waals surface area contributed by atoms with Crippen LogP contribution < -0.4 is 10.6 Å². The fourth-order valence-corrected chi connectivity index (χ4v) is 1.98. The van der Waals surface area contributed by atoms with Gasteiger partial charge in [0.15, 0.2) is 0 Å². The largest absolute Gasteiger partial charge is 0.313 e. The molecule has 2 saturated heterocycles. The summed E-state index contributed by atoms with van der Waals surface area (Å²) in [5.41, 5.74) is 0.239. The van der Waals surface area contributed by atoms with Crippen molar-refractivity contribution in [1.29, 1.82) is 0 Å². The summed E-state index contributed by atoms with van der Waals surface area (Å²) in [6.45, 7) is 6.05. The second kappa shape index (κ2) is 2.07. The minimum absolute atomic E-state index is 0.239. The molecule has 56 valence electrons. The van der Waals surface area contributed by atoms with Crippen LogP contribution in [0.2, 0.25) is 0 Å². The summed E-state index contributed by atoms with van der Waals surface area (Å²) < 4.78 is 0. The Labute approximate surface area is 61.7 Å². The summed E-state index contributed by atoms with van der Waals surface area (Å²) in [5.74, 6) is 0. The number of hydrogen-bond acceptors (Lipinski definition) is 2. The van der Waals surface area contributed by atoms with Crippen LogP contribution >= 0.6 is 0 Å². The average Bonchev–Trinajstić information content (AvgIpc) is 2.29. The van der Waals surface area contributed by atoms with E-state index in [0.717, 1.165) is 13.1 Å². The fourth-order valence-electron chi connectivity index (χ4n) is 1.98. The van der Waals surface area contributed by atoms with E-state index in [1.807, 2.05) is 0 Å². The summed E-state index contributed by atoms with van der Waals surface area (Å²) in [5, 5.41) is 6.98. The molecule has 0 aliphatic carbocycles. The maximum atomic E-state index is 3.85. The van der Waals surface area contributed by atoms with E-state index in [0.29, 0.717) is 6.04 Å². The molecular formula is C8H14N2. The zero-order valence-corrected chi connectivity index (χ0v) is 6.19. The summed E-state index contributed by atoms with van der Waals surface area (Å²) in [7, 11) is 0. The van der Waals surface area contributed by atoms with Crippen LogP contribution in [0.3, 0.4) is 0 Å². The topological polar surface area (TPSA) is 24.1 Å². The highest BCUT2D eigenvalue weighted by Gasteiger charge is 2.38. The smallest absolute Gasteiger partial charge is 0.0491 e. The van der Waals surface area contributed by atoms with Gasteiger partial charge < -0.3 is 10.6 Å². The Kier molecular flexibility index (Phi) is 1.32. The maximum Gasteiger partial charge on any atom is 0.0491 e. The molecule has 2 aliphatic rings. The molecule has 0 saturated carbocycles. The van der Waals surface area contributed by atoms with E-state index >= 15 is 0 Å².